The summed E-state index contributed by atoms with van der Waals surface area (Å²) in [4.78, 5) is 12.0. The van der Waals surface area contributed by atoms with Crippen molar-refractivity contribution in [2.45, 2.75) is 5.16 Å². The van der Waals surface area contributed by atoms with Gasteiger partial charge in [-0.05, 0) is 30.3 Å². The first-order valence-electron chi connectivity index (χ1n) is 7.03. The molecule has 0 saturated heterocycles. The molecule has 2 heterocycles. The summed E-state index contributed by atoms with van der Waals surface area (Å²) in [5.74, 6) is 1.22. The van der Waals surface area contributed by atoms with E-state index in [1.54, 1.807) is 47.2 Å². The van der Waals surface area contributed by atoms with Crippen molar-refractivity contribution in [1.29, 1.82) is 5.26 Å². The third kappa shape index (κ3) is 3.47. The molecule has 1 amide bonds. The van der Waals surface area contributed by atoms with E-state index in [9.17, 15) is 4.79 Å². The Kier molecular flexibility index (Phi) is 4.63. The number of thioether (sulfide) groups is 1. The van der Waals surface area contributed by atoms with E-state index in [2.05, 4.69) is 15.5 Å². The van der Waals surface area contributed by atoms with Crippen molar-refractivity contribution in [3.05, 3.63) is 48.2 Å². The number of amides is 1. The van der Waals surface area contributed by atoms with Crippen LogP contribution in [-0.4, -0.2) is 26.4 Å². The molecule has 1 N–H and O–H groups in total. The SMILES string of the molecule is Cn1c(SCC(=O)Nc2cccc(C#N)c2)nnc1-c1ccco1. The second kappa shape index (κ2) is 7.02. The zero-order valence-corrected chi connectivity index (χ0v) is 13.6. The normalized spacial score (nSPS) is 10.3. The van der Waals surface area contributed by atoms with Gasteiger partial charge >= 0.3 is 0 Å². The molecule has 1 aromatic carbocycles. The summed E-state index contributed by atoms with van der Waals surface area (Å²) in [5, 5.41) is 20.4. The Bertz CT molecular complexity index is 896. The first kappa shape index (κ1) is 15.8. The van der Waals surface area contributed by atoms with Gasteiger partial charge in [0.2, 0.25) is 5.91 Å². The van der Waals surface area contributed by atoms with Gasteiger partial charge in [0.25, 0.3) is 0 Å². The summed E-state index contributed by atoms with van der Waals surface area (Å²) >= 11 is 1.27. The minimum atomic E-state index is -0.183. The average molecular weight is 339 g/mol. The maximum atomic E-state index is 12.0. The van der Waals surface area contributed by atoms with Gasteiger partial charge in [-0.2, -0.15) is 5.26 Å². The van der Waals surface area contributed by atoms with Crippen molar-refractivity contribution < 1.29 is 9.21 Å². The number of hydrogen-bond acceptors (Lipinski definition) is 6. The number of rotatable bonds is 5. The van der Waals surface area contributed by atoms with Gasteiger partial charge in [0.15, 0.2) is 16.7 Å². The van der Waals surface area contributed by atoms with Crippen LogP contribution in [0.4, 0.5) is 5.69 Å². The van der Waals surface area contributed by atoms with Crippen LogP contribution in [0.25, 0.3) is 11.6 Å². The molecule has 0 unspecified atom stereocenters. The van der Waals surface area contributed by atoms with Gasteiger partial charge in [0, 0.05) is 12.7 Å². The minimum absolute atomic E-state index is 0.181. The fourth-order valence-corrected chi connectivity index (χ4v) is 2.77. The lowest BCUT2D eigenvalue weighted by atomic mass is 10.2. The van der Waals surface area contributed by atoms with E-state index >= 15 is 0 Å². The summed E-state index contributed by atoms with van der Waals surface area (Å²) in [6.07, 6.45) is 1.57. The van der Waals surface area contributed by atoms with Crippen LogP contribution in [0, 0.1) is 11.3 Å². The third-order valence-electron chi connectivity index (χ3n) is 3.18. The average Bonchev–Trinajstić information content (AvgIpc) is 3.23. The Hall–Kier alpha value is -3.05. The highest BCUT2D eigenvalue weighted by Gasteiger charge is 2.14. The quantitative estimate of drug-likeness (QED) is 0.718. The molecule has 3 rings (SSSR count). The predicted octanol–water partition coefficient (Wildman–Crippen LogP) is 2.68. The van der Waals surface area contributed by atoms with E-state index in [0.717, 1.165) is 0 Å². The second-order valence-corrected chi connectivity index (χ2v) is 5.81. The van der Waals surface area contributed by atoms with Crippen LogP contribution in [-0.2, 0) is 11.8 Å². The molecule has 0 saturated carbocycles. The van der Waals surface area contributed by atoms with Crippen LogP contribution in [0.1, 0.15) is 5.56 Å². The Labute approximate surface area is 142 Å². The molecule has 120 valence electrons. The molecule has 0 atom stereocenters. The van der Waals surface area contributed by atoms with Crippen molar-refractivity contribution in [2.75, 3.05) is 11.1 Å². The number of carbonyl (C=O) groups excluding carboxylic acids is 1. The smallest absolute Gasteiger partial charge is 0.234 e. The first-order valence-corrected chi connectivity index (χ1v) is 8.02. The number of carbonyl (C=O) groups is 1. The first-order chi connectivity index (χ1) is 11.7. The standard InChI is InChI=1S/C16H13N5O2S/c1-21-15(13-6-3-7-23-13)19-20-16(21)24-10-14(22)18-12-5-2-4-11(8-12)9-17/h2-8H,10H2,1H3,(H,18,22). The third-order valence-corrected chi connectivity index (χ3v) is 4.20. The highest BCUT2D eigenvalue weighted by Crippen LogP contribution is 2.23. The predicted molar refractivity (Wildman–Crippen MR) is 89.2 cm³/mol. The highest BCUT2D eigenvalue weighted by atomic mass is 32.2. The molecule has 3 aromatic rings. The van der Waals surface area contributed by atoms with Crippen molar-refractivity contribution >= 4 is 23.4 Å². The van der Waals surface area contributed by atoms with Crippen LogP contribution in [0.5, 0.6) is 0 Å². The fourth-order valence-electron chi connectivity index (χ4n) is 2.05. The van der Waals surface area contributed by atoms with E-state index in [-0.39, 0.29) is 11.7 Å². The molecule has 24 heavy (non-hydrogen) atoms. The summed E-state index contributed by atoms with van der Waals surface area (Å²) in [6, 6.07) is 12.4. The Morgan fingerprint density at radius 3 is 3.00 bits per heavy atom. The molecule has 0 radical (unpaired) electrons. The van der Waals surface area contributed by atoms with Crippen LogP contribution >= 0.6 is 11.8 Å². The summed E-state index contributed by atoms with van der Waals surface area (Å²) in [6.45, 7) is 0. The number of nitrogens with zero attached hydrogens (tertiary/aromatic N) is 4. The van der Waals surface area contributed by atoms with Crippen molar-refractivity contribution in [1.82, 2.24) is 14.8 Å². The molecule has 0 fully saturated rings. The molecule has 2 aromatic heterocycles. The largest absolute Gasteiger partial charge is 0.461 e. The maximum absolute atomic E-state index is 12.0. The lowest BCUT2D eigenvalue weighted by molar-refractivity contribution is -0.113. The van der Waals surface area contributed by atoms with Gasteiger partial charge in [-0.3, -0.25) is 4.79 Å². The number of nitrogens with one attached hydrogen (secondary N) is 1. The van der Waals surface area contributed by atoms with E-state index in [0.29, 0.717) is 28.0 Å². The van der Waals surface area contributed by atoms with E-state index < -0.39 is 0 Å². The van der Waals surface area contributed by atoms with Crippen LogP contribution in [0.2, 0.25) is 0 Å². The van der Waals surface area contributed by atoms with Gasteiger partial charge in [-0.25, -0.2) is 0 Å². The van der Waals surface area contributed by atoms with Crippen LogP contribution < -0.4 is 5.32 Å². The number of anilines is 1. The zero-order chi connectivity index (χ0) is 16.9. The fraction of sp³-hybridized carbons (Fsp3) is 0.125. The molecule has 8 heteroatoms. The van der Waals surface area contributed by atoms with Crippen molar-refractivity contribution in [2.24, 2.45) is 7.05 Å². The number of benzene rings is 1. The second-order valence-electron chi connectivity index (χ2n) is 4.87. The number of aromatic nitrogens is 3. The number of furan rings is 1. The Morgan fingerprint density at radius 1 is 1.38 bits per heavy atom. The maximum Gasteiger partial charge on any atom is 0.234 e. The van der Waals surface area contributed by atoms with E-state index in [1.807, 2.05) is 13.1 Å². The Balaban J connectivity index is 1.62. The van der Waals surface area contributed by atoms with Gasteiger partial charge in [0.05, 0.1) is 23.6 Å². The molecule has 0 spiro atoms. The lowest BCUT2D eigenvalue weighted by Crippen LogP contribution is -2.14. The van der Waals surface area contributed by atoms with Crippen molar-refractivity contribution in [3.8, 4) is 17.7 Å². The van der Waals surface area contributed by atoms with E-state index in [4.69, 9.17) is 9.68 Å². The molecular weight excluding hydrogens is 326 g/mol. The molecule has 0 aliphatic carbocycles. The molecule has 0 bridgehead atoms. The minimum Gasteiger partial charge on any atom is -0.461 e. The summed E-state index contributed by atoms with van der Waals surface area (Å²) in [7, 11) is 1.81. The zero-order valence-electron chi connectivity index (χ0n) is 12.8. The molecule has 0 aliphatic rings. The van der Waals surface area contributed by atoms with Gasteiger partial charge in [-0.1, -0.05) is 17.8 Å². The van der Waals surface area contributed by atoms with Crippen LogP contribution in [0.15, 0.2) is 52.2 Å². The monoisotopic (exact) mass is 339 g/mol. The summed E-state index contributed by atoms with van der Waals surface area (Å²) < 4.78 is 7.07. The molecule has 0 aliphatic heterocycles. The van der Waals surface area contributed by atoms with E-state index in [1.165, 1.54) is 11.8 Å². The van der Waals surface area contributed by atoms with Gasteiger partial charge in [0.1, 0.15) is 0 Å². The van der Waals surface area contributed by atoms with Gasteiger partial charge in [-0.15, -0.1) is 10.2 Å². The lowest BCUT2D eigenvalue weighted by Gasteiger charge is -2.05. The molecule has 7 nitrogen and oxygen atoms in total. The molecular formula is C16H13N5O2S. The summed E-state index contributed by atoms with van der Waals surface area (Å²) in [5.41, 5.74) is 1.09. The van der Waals surface area contributed by atoms with Crippen molar-refractivity contribution in [3.63, 3.8) is 0 Å². The number of nitriles is 1. The Morgan fingerprint density at radius 2 is 2.25 bits per heavy atom. The highest BCUT2D eigenvalue weighted by molar-refractivity contribution is 7.99. The van der Waals surface area contributed by atoms with Crippen LogP contribution in [0.3, 0.4) is 0 Å². The van der Waals surface area contributed by atoms with Gasteiger partial charge < -0.3 is 14.3 Å². The number of hydrogen-bond donors (Lipinski definition) is 1. The topological polar surface area (TPSA) is 96.7 Å².